The van der Waals surface area contributed by atoms with Gasteiger partial charge in [-0.2, -0.15) is 0 Å². The zero-order valence-corrected chi connectivity index (χ0v) is 20.6. The number of carbonyl (C=O) groups is 1. The van der Waals surface area contributed by atoms with Gasteiger partial charge in [-0.05, 0) is 61.6 Å². The number of hydrogen-bond donors (Lipinski definition) is 0. The van der Waals surface area contributed by atoms with Crippen molar-refractivity contribution in [2.75, 3.05) is 13.2 Å². The molecule has 0 aromatic carbocycles. The molecule has 0 unspecified atom stereocenters. The van der Waals surface area contributed by atoms with Crippen molar-refractivity contribution in [2.24, 2.45) is 17.8 Å². The molecule has 0 amide bonds. The highest BCUT2D eigenvalue weighted by Crippen LogP contribution is 2.44. The number of rotatable bonds is 11. The van der Waals surface area contributed by atoms with Crippen LogP contribution >= 0.6 is 11.6 Å². The SMILES string of the molecule is C=CCOC(=O)CCC/C=C\C[C@@H]1[C@@H](CO[Si](C)(C)C(C)(C)C)[C@H](C)C[C@H]1Cl. The van der Waals surface area contributed by atoms with Crippen molar-refractivity contribution in [1.82, 2.24) is 0 Å². The maximum absolute atomic E-state index is 11.5. The molecule has 4 atom stereocenters. The Morgan fingerprint density at radius 1 is 1.25 bits per heavy atom. The number of ether oxygens (including phenoxy) is 1. The second kappa shape index (κ2) is 11.6. The average molecular weight is 429 g/mol. The van der Waals surface area contributed by atoms with E-state index in [0.29, 0.717) is 30.8 Å². The molecule has 1 saturated carbocycles. The highest BCUT2D eigenvalue weighted by atomic mass is 35.5. The maximum Gasteiger partial charge on any atom is 0.306 e. The molecule has 28 heavy (non-hydrogen) atoms. The molecular weight excluding hydrogens is 388 g/mol. The number of unbranched alkanes of at least 4 members (excludes halogenated alkanes) is 1. The summed E-state index contributed by atoms with van der Waals surface area (Å²) in [4.78, 5) is 11.5. The van der Waals surface area contributed by atoms with Gasteiger partial charge >= 0.3 is 5.97 Å². The summed E-state index contributed by atoms with van der Waals surface area (Å²) in [5.74, 6) is 1.44. The Morgan fingerprint density at radius 2 is 1.93 bits per heavy atom. The molecule has 0 aromatic heterocycles. The predicted octanol–water partition coefficient (Wildman–Crippen LogP) is 6.73. The van der Waals surface area contributed by atoms with E-state index in [0.717, 1.165) is 32.3 Å². The number of carbonyl (C=O) groups excluding carboxylic acids is 1. The fourth-order valence-corrected chi connectivity index (χ4v) is 5.10. The van der Waals surface area contributed by atoms with Crippen LogP contribution in [0.2, 0.25) is 18.1 Å². The molecule has 0 heterocycles. The molecule has 0 radical (unpaired) electrons. The minimum absolute atomic E-state index is 0.151. The highest BCUT2D eigenvalue weighted by Gasteiger charge is 2.42. The lowest BCUT2D eigenvalue weighted by Gasteiger charge is -2.38. The first-order chi connectivity index (χ1) is 13.0. The lowest BCUT2D eigenvalue weighted by molar-refractivity contribution is -0.142. The van der Waals surface area contributed by atoms with E-state index in [9.17, 15) is 4.79 Å². The molecule has 0 aromatic rings. The van der Waals surface area contributed by atoms with Gasteiger partial charge in [-0.25, -0.2) is 0 Å². The van der Waals surface area contributed by atoms with Crippen LogP contribution in [0.15, 0.2) is 24.8 Å². The summed E-state index contributed by atoms with van der Waals surface area (Å²) >= 11 is 6.69. The van der Waals surface area contributed by atoms with E-state index in [2.05, 4.69) is 59.5 Å². The van der Waals surface area contributed by atoms with Crippen LogP contribution < -0.4 is 0 Å². The van der Waals surface area contributed by atoms with Gasteiger partial charge in [-0.1, -0.05) is 52.5 Å². The zero-order valence-electron chi connectivity index (χ0n) is 18.8. The molecule has 5 heteroatoms. The van der Waals surface area contributed by atoms with E-state index in [1.807, 2.05) is 0 Å². The van der Waals surface area contributed by atoms with Crippen LogP contribution in [0, 0.1) is 17.8 Å². The normalized spacial score (nSPS) is 26.0. The van der Waals surface area contributed by atoms with Gasteiger partial charge in [0.2, 0.25) is 0 Å². The monoisotopic (exact) mass is 428 g/mol. The van der Waals surface area contributed by atoms with Crippen LogP contribution in [0.1, 0.15) is 59.8 Å². The van der Waals surface area contributed by atoms with Crippen LogP contribution in [-0.4, -0.2) is 32.9 Å². The van der Waals surface area contributed by atoms with Crippen molar-refractivity contribution in [3.05, 3.63) is 24.8 Å². The molecule has 0 N–H and O–H groups in total. The van der Waals surface area contributed by atoms with Crippen molar-refractivity contribution in [3.63, 3.8) is 0 Å². The molecule has 0 saturated heterocycles. The van der Waals surface area contributed by atoms with Gasteiger partial charge < -0.3 is 9.16 Å². The summed E-state index contributed by atoms with van der Waals surface area (Å²) < 4.78 is 11.5. The summed E-state index contributed by atoms with van der Waals surface area (Å²) in [6.45, 7) is 18.5. The Hall–Kier alpha value is -0.583. The Bertz CT molecular complexity index is 524. The molecule has 1 aliphatic rings. The van der Waals surface area contributed by atoms with Crippen molar-refractivity contribution in [1.29, 1.82) is 0 Å². The first-order valence-corrected chi connectivity index (χ1v) is 14.0. The molecule has 0 aliphatic heterocycles. The summed E-state index contributed by atoms with van der Waals surface area (Å²) in [5.41, 5.74) is 0. The lowest BCUT2D eigenvalue weighted by Crippen LogP contribution is -2.42. The van der Waals surface area contributed by atoms with Crippen LogP contribution in [0.5, 0.6) is 0 Å². The molecular formula is C23H41ClO3Si. The first kappa shape index (κ1) is 25.5. The molecule has 3 nitrogen and oxygen atoms in total. The number of esters is 1. The average Bonchev–Trinajstić information content (AvgIpc) is 2.86. The van der Waals surface area contributed by atoms with E-state index in [1.54, 1.807) is 6.08 Å². The van der Waals surface area contributed by atoms with E-state index in [4.69, 9.17) is 20.8 Å². The van der Waals surface area contributed by atoms with Gasteiger partial charge in [0.05, 0.1) is 0 Å². The lowest BCUT2D eigenvalue weighted by atomic mass is 9.89. The molecule has 1 fully saturated rings. The van der Waals surface area contributed by atoms with E-state index < -0.39 is 8.32 Å². The quantitative estimate of drug-likeness (QED) is 0.120. The standard InChI is InChI=1S/C23H41ClO3Si/c1-8-15-26-22(25)14-12-10-9-11-13-19-20(18(2)16-21(19)24)17-27-28(6,7)23(3,4)5/h8-9,11,18-21H,1,10,12-17H2,2-7H3/b11-9-/t18-,19-,20+,21-/m1/s1. The largest absolute Gasteiger partial charge is 0.461 e. The second-order valence-corrected chi connectivity index (χ2v) is 15.1. The zero-order chi connectivity index (χ0) is 21.4. The third-order valence-corrected chi connectivity index (χ3v) is 11.5. The van der Waals surface area contributed by atoms with Crippen molar-refractivity contribution >= 4 is 25.9 Å². The summed E-state index contributed by atoms with van der Waals surface area (Å²) in [5, 5.41) is 0.457. The number of allylic oxidation sites excluding steroid dienone is 2. The van der Waals surface area contributed by atoms with Crippen molar-refractivity contribution in [2.45, 2.75) is 83.3 Å². The van der Waals surface area contributed by atoms with Crippen LogP contribution in [-0.2, 0) is 14.0 Å². The van der Waals surface area contributed by atoms with Crippen LogP contribution in [0.3, 0.4) is 0 Å². The summed E-state index contributed by atoms with van der Waals surface area (Å²) in [7, 11) is -1.73. The van der Waals surface area contributed by atoms with Crippen molar-refractivity contribution in [3.8, 4) is 0 Å². The van der Waals surface area contributed by atoms with Gasteiger partial charge in [0.1, 0.15) is 6.61 Å². The van der Waals surface area contributed by atoms with Crippen LogP contribution in [0.25, 0.3) is 0 Å². The van der Waals surface area contributed by atoms with Gasteiger partial charge in [-0.3, -0.25) is 4.79 Å². The maximum atomic E-state index is 11.5. The molecule has 1 aliphatic carbocycles. The Morgan fingerprint density at radius 3 is 2.54 bits per heavy atom. The fraction of sp³-hybridized carbons (Fsp3) is 0.783. The predicted molar refractivity (Wildman–Crippen MR) is 122 cm³/mol. The van der Waals surface area contributed by atoms with E-state index >= 15 is 0 Å². The van der Waals surface area contributed by atoms with E-state index in [1.165, 1.54) is 0 Å². The third-order valence-electron chi connectivity index (χ3n) is 6.47. The molecule has 0 bridgehead atoms. The van der Waals surface area contributed by atoms with Gasteiger partial charge in [-0.15, -0.1) is 11.6 Å². The minimum Gasteiger partial charge on any atom is -0.461 e. The fourth-order valence-electron chi connectivity index (χ4n) is 3.49. The summed E-state index contributed by atoms with van der Waals surface area (Å²) in [6.07, 6.45) is 10.2. The minimum atomic E-state index is -1.73. The molecule has 0 spiro atoms. The Kier molecular flexibility index (Phi) is 10.5. The smallest absolute Gasteiger partial charge is 0.306 e. The Balaban J connectivity index is 2.46. The highest BCUT2D eigenvalue weighted by molar-refractivity contribution is 6.74. The molecule has 1 rings (SSSR count). The Labute approximate surface area is 179 Å². The topological polar surface area (TPSA) is 35.5 Å². The molecule has 162 valence electrons. The van der Waals surface area contributed by atoms with Gasteiger partial charge in [0.25, 0.3) is 0 Å². The third kappa shape index (κ3) is 8.04. The number of alkyl halides is 1. The first-order valence-electron chi connectivity index (χ1n) is 10.7. The van der Waals surface area contributed by atoms with Crippen LogP contribution in [0.4, 0.5) is 0 Å². The van der Waals surface area contributed by atoms with E-state index in [-0.39, 0.29) is 16.4 Å². The van der Waals surface area contributed by atoms with Crippen molar-refractivity contribution < 1.29 is 14.0 Å². The second-order valence-electron chi connectivity index (χ2n) is 9.70. The number of halogens is 1. The summed E-state index contributed by atoms with van der Waals surface area (Å²) in [6, 6.07) is 0. The van der Waals surface area contributed by atoms with Gasteiger partial charge in [0, 0.05) is 18.4 Å². The number of hydrogen-bond acceptors (Lipinski definition) is 3. The van der Waals surface area contributed by atoms with Gasteiger partial charge in [0.15, 0.2) is 8.32 Å².